The van der Waals surface area contributed by atoms with Crippen LogP contribution in [0.4, 0.5) is 0 Å². The molecule has 0 bridgehead atoms. The summed E-state index contributed by atoms with van der Waals surface area (Å²) in [6.07, 6.45) is 2.94. The molecule has 3 heteroatoms. The molecule has 0 unspecified atom stereocenters. The Morgan fingerprint density at radius 1 is 1.50 bits per heavy atom. The van der Waals surface area contributed by atoms with Gasteiger partial charge in [-0.25, -0.2) is 0 Å². The molecule has 12 heavy (non-hydrogen) atoms. The van der Waals surface area contributed by atoms with Gasteiger partial charge in [-0.3, -0.25) is 0 Å². The van der Waals surface area contributed by atoms with E-state index in [-0.39, 0.29) is 0 Å². The van der Waals surface area contributed by atoms with E-state index < -0.39 is 0 Å². The molecule has 2 heterocycles. The number of furan rings is 1. The van der Waals surface area contributed by atoms with Gasteiger partial charge in [0.15, 0.2) is 0 Å². The highest BCUT2D eigenvalue weighted by Crippen LogP contribution is 2.32. The van der Waals surface area contributed by atoms with Gasteiger partial charge >= 0.3 is 0 Å². The van der Waals surface area contributed by atoms with Crippen LogP contribution in [0, 0.1) is 0 Å². The van der Waals surface area contributed by atoms with Crippen LogP contribution in [0.25, 0.3) is 0 Å². The maximum Gasteiger partial charge on any atom is 0.116 e. The van der Waals surface area contributed by atoms with E-state index in [4.69, 9.17) is 4.42 Å². The first-order valence-corrected chi connectivity index (χ1v) is 5.37. The van der Waals surface area contributed by atoms with Gasteiger partial charge in [-0.15, -0.1) is 11.8 Å². The lowest BCUT2D eigenvalue weighted by molar-refractivity contribution is 0.495. The van der Waals surface area contributed by atoms with Crippen molar-refractivity contribution < 1.29 is 4.42 Å². The zero-order valence-electron chi connectivity index (χ0n) is 6.95. The van der Waals surface area contributed by atoms with Gasteiger partial charge in [0, 0.05) is 12.3 Å². The lowest BCUT2D eigenvalue weighted by Gasteiger charge is -2.08. The fraction of sp³-hybridized carbons (Fsp3) is 0.556. The second kappa shape index (κ2) is 4.01. The Labute approximate surface area is 76.7 Å². The van der Waals surface area contributed by atoms with Crippen molar-refractivity contribution >= 4 is 11.8 Å². The van der Waals surface area contributed by atoms with Crippen LogP contribution in [0.2, 0.25) is 0 Å². The van der Waals surface area contributed by atoms with E-state index >= 15 is 0 Å². The molecular weight excluding hydrogens is 170 g/mol. The Hall–Kier alpha value is -0.410. The molecule has 0 radical (unpaired) electrons. The summed E-state index contributed by atoms with van der Waals surface area (Å²) in [5.74, 6) is 2.31. The van der Waals surface area contributed by atoms with E-state index in [0.29, 0.717) is 5.25 Å². The summed E-state index contributed by atoms with van der Waals surface area (Å²) < 4.78 is 5.38. The minimum Gasteiger partial charge on any atom is -0.468 e. The molecule has 2 rings (SSSR count). The first kappa shape index (κ1) is 8.20. The maximum atomic E-state index is 5.38. The van der Waals surface area contributed by atoms with Crippen molar-refractivity contribution in [3.05, 3.63) is 24.2 Å². The molecular formula is C9H13NOS. The Kier molecular flexibility index (Phi) is 2.74. The van der Waals surface area contributed by atoms with Crippen LogP contribution < -0.4 is 5.32 Å². The number of thioether (sulfide) groups is 1. The van der Waals surface area contributed by atoms with E-state index in [1.165, 1.54) is 12.2 Å². The molecule has 0 amide bonds. The molecule has 0 aromatic carbocycles. The standard InChI is InChI=1S/C9H13NOS/c1-2-8(11-6-1)9-3-4-10-5-7-12-9/h1-2,6,9-10H,3-5,7H2/t9-/m0/s1. The van der Waals surface area contributed by atoms with Crippen LogP contribution in [-0.2, 0) is 0 Å². The maximum absolute atomic E-state index is 5.38. The summed E-state index contributed by atoms with van der Waals surface area (Å²) >= 11 is 1.99. The van der Waals surface area contributed by atoms with Crippen LogP contribution in [0.1, 0.15) is 17.4 Å². The summed E-state index contributed by atoms with van der Waals surface area (Å²) in [7, 11) is 0. The Morgan fingerprint density at radius 3 is 3.33 bits per heavy atom. The lowest BCUT2D eigenvalue weighted by Crippen LogP contribution is -2.15. The van der Waals surface area contributed by atoms with E-state index in [1.54, 1.807) is 6.26 Å². The van der Waals surface area contributed by atoms with Crippen molar-refractivity contribution in [3.8, 4) is 0 Å². The normalized spacial score (nSPS) is 25.2. The van der Waals surface area contributed by atoms with Gasteiger partial charge in [0.25, 0.3) is 0 Å². The number of hydrogen-bond acceptors (Lipinski definition) is 3. The molecule has 1 aliphatic rings. The predicted molar refractivity (Wildman–Crippen MR) is 51.4 cm³/mol. The van der Waals surface area contributed by atoms with Crippen LogP contribution in [0.3, 0.4) is 0 Å². The fourth-order valence-corrected chi connectivity index (χ4v) is 2.54. The highest BCUT2D eigenvalue weighted by Gasteiger charge is 2.16. The molecule has 1 aromatic heterocycles. The van der Waals surface area contributed by atoms with Gasteiger partial charge in [0.2, 0.25) is 0 Å². The summed E-state index contributed by atoms with van der Waals surface area (Å²) in [5.41, 5.74) is 0. The third-order valence-electron chi connectivity index (χ3n) is 2.04. The van der Waals surface area contributed by atoms with Gasteiger partial charge < -0.3 is 9.73 Å². The van der Waals surface area contributed by atoms with Gasteiger partial charge in [0.05, 0.1) is 11.5 Å². The zero-order chi connectivity index (χ0) is 8.23. The molecule has 0 aliphatic carbocycles. The lowest BCUT2D eigenvalue weighted by atomic mass is 10.2. The van der Waals surface area contributed by atoms with Gasteiger partial charge in [0.1, 0.15) is 5.76 Å². The number of nitrogens with one attached hydrogen (secondary N) is 1. The minimum absolute atomic E-state index is 0.565. The van der Waals surface area contributed by atoms with Crippen molar-refractivity contribution in [2.24, 2.45) is 0 Å². The van der Waals surface area contributed by atoms with Gasteiger partial charge in [-0.05, 0) is 25.1 Å². The fourth-order valence-electron chi connectivity index (χ4n) is 1.41. The first-order valence-electron chi connectivity index (χ1n) is 4.32. The second-order valence-corrected chi connectivity index (χ2v) is 4.22. The molecule has 2 nitrogen and oxygen atoms in total. The highest BCUT2D eigenvalue weighted by molar-refractivity contribution is 7.99. The molecule has 1 atom stereocenters. The molecule has 0 spiro atoms. The zero-order valence-corrected chi connectivity index (χ0v) is 7.77. The molecule has 1 aromatic rings. The number of hydrogen-bond donors (Lipinski definition) is 1. The molecule has 1 aliphatic heterocycles. The third kappa shape index (κ3) is 1.84. The van der Waals surface area contributed by atoms with Gasteiger partial charge in [-0.2, -0.15) is 0 Å². The monoisotopic (exact) mass is 183 g/mol. The Bertz CT molecular complexity index is 214. The topological polar surface area (TPSA) is 25.2 Å². The van der Waals surface area contributed by atoms with Crippen molar-refractivity contribution in [1.82, 2.24) is 5.32 Å². The van der Waals surface area contributed by atoms with Crippen molar-refractivity contribution in [1.29, 1.82) is 0 Å². The van der Waals surface area contributed by atoms with E-state index in [0.717, 1.165) is 18.8 Å². The predicted octanol–water partition coefficient (Wildman–Crippen LogP) is 2.05. The highest BCUT2D eigenvalue weighted by atomic mass is 32.2. The molecule has 66 valence electrons. The van der Waals surface area contributed by atoms with Crippen LogP contribution in [-0.4, -0.2) is 18.8 Å². The SMILES string of the molecule is c1coc([C@@H]2CCNCCS2)c1. The molecule has 1 saturated heterocycles. The average molecular weight is 183 g/mol. The summed E-state index contributed by atoms with van der Waals surface area (Å²) in [5, 5.41) is 3.94. The van der Waals surface area contributed by atoms with Crippen LogP contribution in [0.5, 0.6) is 0 Å². The van der Waals surface area contributed by atoms with E-state index in [1.807, 2.05) is 17.8 Å². The summed E-state index contributed by atoms with van der Waals surface area (Å²) in [6, 6.07) is 4.04. The summed E-state index contributed by atoms with van der Waals surface area (Å²) in [6.45, 7) is 2.24. The molecule has 1 fully saturated rings. The smallest absolute Gasteiger partial charge is 0.116 e. The van der Waals surface area contributed by atoms with Crippen LogP contribution >= 0.6 is 11.8 Å². The largest absolute Gasteiger partial charge is 0.468 e. The third-order valence-corrected chi connectivity index (χ3v) is 3.35. The first-order chi connectivity index (χ1) is 5.97. The van der Waals surface area contributed by atoms with E-state index in [2.05, 4.69) is 11.4 Å². The molecule has 1 N–H and O–H groups in total. The molecule has 0 saturated carbocycles. The minimum atomic E-state index is 0.565. The second-order valence-electron chi connectivity index (χ2n) is 2.91. The van der Waals surface area contributed by atoms with Crippen LogP contribution in [0.15, 0.2) is 22.8 Å². The Morgan fingerprint density at radius 2 is 2.50 bits per heavy atom. The van der Waals surface area contributed by atoms with Gasteiger partial charge in [-0.1, -0.05) is 0 Å². The van der Waals surface area contributed by atoms with Crippen molar-refractivity contribution in [2.75, 3.05) is 18.8 Å². The summed E-state index contributed by atoms with van der Waals surface area (Å²) in [4.78, 5) is 0. The number of rotatable bonds is 1. The van der Waals surface area contributed by atoms with E-state index in [9.17, 15) is 0 Å². The average Bonchev–Trinajstić information content (AvgIpc) is 2.48. The van der Waals surface area contributed by atoms with Crippen molar-refractivity contribution in [2.45, 2.75) is 11.7 Å². The van der Waals surface area contributed by atoms with Crippen molar-refractivity contribution in [3.63, 3.8) is 0 Å². The Balaban J connectivity index is 2.02. The quantitative estimate of drug-likeness (QED) is 0.721.